The van der Waals surface area contributed by atoms with Crippen molar-refractivity contribution in [3.63, 3.8) is 0 Å². The largest absolute Gasteiger partial charge is 0.336 e. The van der Waals surface area contributed by atoms with Gasteiger partial charge in [-0.15, -0.1) is 0 Å². The van der Waals surface area contributed by atoms with Crippen LogP contribution in [0, 0.1) is 0 Å². The number of rotatable bonds is 4. The van der Waals surface area contributed by atoms with Crippen LogP contribution in [0.5, 0.6) is 0 Å². The van der Waals surface area contributed by atoms with Crippen molar-refractivity contribution < 1.29 is 4.52 Å². The molecule has 0 spiro atoms. The van der Waals surface area contributed by atoms with Gasteiger partial charge in [-0.25, -0.2) is 0 Å². The highest BCUT2D eigenvalue weighted by Gasteiger charge is 2.25. The van der Waals surface area contributed by atoms with Gasteiger partial charge in [-0.05, 0) is 39.8 Å². The first-order valence-electron chi connectivity index (χ1n) is 9.11. The number of para-hydroxylation sites is 1. The molecule has 0 aliphatic carbocycles. The summed E-state index contributed by atoms with van der Waals surface area (Å²) < 4.78 is 7.19. The van der Waals surface area contributed by atoms with Crippen molar-refractivity contribution in [2.75, 3.05) is 36.0 Å². The fourth-order valence-electron chi connectivity index (χ4n) is 3.26. The third kappa shape index (κ3) is 3.07. The van der Waals surface area contributed by atoms with Gasteiger partial charge in [-0.1, -0.05) is 41.5 Å². The quantitative estimate of drug-likeness (QED) is 0.536. The van der Waals surface area contributed by atoms with Gasteiger partial charge in [-0.2, -0.15) is 9.67 Å². The van der Waals surface area contributed by atoms with Crippen LogP contribution < -0.4 is 9.80 Å². The Kier molecular flexibility index (Phi) is 4.17. The maximum absolute atomic E-state index is 5.43. The minimum Gasteiger partial charge on any atom is -0.336 e. The molecule has 0 N–H and O–H groups in total. The summed E-state index contributed by atoms with van der Waals surface area (Å²) in [4.78, 5) is 8.82. The zero-order valence-corrected chi connectivity index (χ0v) is 15.1. The smallest absolute Gasteiger partial charge is 0.266 e. The number of nitrogens with zero attached hydrogens (tertiary/aromatic N) is 8. The molecule has 0 saturated carbocycles. The van der Waals surface area contributed by atoms with E-state index in [9.17, 15) is 0 Å². The van der Waals surface area contributed by atoms with Crippen LogP contribution in [0.1, 0.15) is 0 Å². The molecule has 0 atom stereocenters. The molecule has 3 heterocycles. The summed E-state index contributed by atoms with van der Waals surface area (Å²) in [6.07, 6.45) is 0. The molecule has 1 fully saturated rings. The minimum atomic E-state index is 0.533. The third-order valence-electron chi connectivity index (χ3n) is 4.74. The van der Waals surface area contributed by atoms with Crippen LogP contribution in [0.15, 0.2) is 65.2 Å². The van der Waals surface area contributed by atoms with Crippen molar-refractivity contribution in [3.05, 3.63) is 60.7 Å². The van der Waals surface area contributed by atoms with Gasteiger partial charge in [0.25, 0.3) is 11.8 Å². The first kappa shape index (κ1) is 16.4. The molecular weight excluding hydrogens is 356 g/mol. The molecule has 5 rings (SSSR count). The topological polar surface area (TPSA) is 89.0 Å². The van der Waals surface area contributed by atoms with Crippen LogP contribution in [0.4, 0.5) is 11.9 Å². The second-order valence-corrected chi connectivity index (χ2v) is 6.47. The molecule has 1 aliphatic heterocycles. The van der Waals surface area contributed by atoms with E-state index >= 15 is 0 Å². The molecule has 2 aromatic carbocycles. The first-order chi connectivity index (χ1) is 13.9. The van der Waals surface area contributed by atoms with Gasteiger partial charge < -0.3 is 14.3 Å². The molecule has 0 radical (unpaired) electrons. The molecule has 9 heteroatoms. The summed E-state index contributed by atoms with van der Waals surface area (Å²) in [5, 5.41) is 16.4. The standard InChI is InChI=1S/C19H18N8O/c1-3-7-15(8-4-1)17-20-18(22-28-17)25-11-13-26(14-12-25)19-21-23-24-27(19)16-9-5-2-6-10-16/h1-10H,11-14H2. The highest BCUT2D eigenvalue weighted by atomic mass is 16.5. The number of hydrogen-bond acceptors (Lipinski definition) is 8. The van der Waals surface area contributed by atoms with Crippen LogP contribution in [0.2, 0.25) is 0 Å². The van der Waals surface area contributed by atoms with E-state index in [0.717, 1.165) is 43.4 Å². The van der Waals surface area contributed by atoms with Crippen LogP contribution in [-0.4, -0.2) is 56.5 Å². The Morgan fingerprint density at radius 2 is 1.46 bits per heavy atom. The number of piperazine rings is 1. The SMILES string of the molecule is c1ccc(-c2nc(N3CCN(c4nnnn4-c4ccccc4)CC3)no2)cc1. The van der Waals surface area contributed by atoms with E-state index in [1.807, 2.05) is 60.7 Å². The van der Waals surface area contributed by atoms with Crippen molar-refractivity contribution in [2.24, 2.45) is 0 Å². The van der Waals surface area contributed by atoms with Gasteiger partial charge >= 0.3 is 0 Å². The second-order valence-electron chi connectivity index (χ2n) is 6.47. The predicted molar refractivity (Wildman–Crippen MR) is 103 cm³/mol. The van der Waals surface area contributed by atoms with E-state index in [0.29, 0.717) is 11.8 Å². The van der Waals surface area contributed by atoms with E-state index < -0.39 is 0 Å². The fourth-order valence-corrected chi connectivity index (χ4v) is 3.26. The summed E-state index contributed by atoms with van der Waals surface area (Å²) >= 11 is 0. The van der Waals surface area contributed by atoms with E-state index in [1.54, 1.807) is 4.68 Å². The average Bonchev–Trinajstić information content (AvgIpc) is 3.45. The number of anilines is 2. The van der Waals surface area contributed by atoms with E-state index in [4.69, 9.17) is 4.52 Å². The molecule has 2 aromatic heterocycles. The Hall–Kier alpha value is -3.75. The van der Waals surface area contributed by atoms with Crippen molar-refractivity contribution in [2.45, 2.75) is 0 Å². The van der Waals surface area contributed by atoms with Crippen molar-refractivity contribution in [3.8, 4) is 17.1 Å². The molecule has 28 heavy (non-hydrogen) atoms. The average molecular weight is 374 g/mol. The molecule has 9 nitrogen and oxygen atoms in total. The normalized spacial score (nSPS) is 14.4. The lowest BCUT2D eigenvalue weighted by Crippen LogP contribution is -2.47. The number of hydrogen-bond donors (Lipinski definition) is 0. The van der Waals surface area contributed by atoms with Crippen molar-refractivity contribution in [1.29, 1.82) is 0 Å². The number of aromatic nitrogens is 6. The molecule has 0 amide bonds. The highest BCUT2D eigenvalue weighted by molar-refractivity contribution is 5.54. The lowest BCUT2D eigenvalue weighted by molar-refractivity contribution is 0.428. The lowest BCUT2D eigenvalue weighted by Gasteiger charge is -2.33. The van der Waals surface area contributed by atoms with Gasteiger partial charge in [0.1, 0.15) is 0 Å². The van der Waals surface area contributed by atoms with E-state index in [1.165, 1.54) is 0 Å². The molecule has 4 aromatic rings. The summed E-state index contributed by atoms with van der Waals surface area (Å²) in [6.45, 7) is 3.05. The predicted octanol–water partition coefficient (Wildman–Crippen LogP) is 2.04. The Morgan fingerprint density at radius 3 is 2.21 bits per heavy atom. The molecule has 0 bridgehead atoms. The second kappa shape index (κ2) is 7.10. The van der Waals surface area contributed by atoms with E-state index in [2.05, 4.69) is 35.5 Å². The van der Waals surface area contributed by atoms with E-state index in [-0.39, 0.29) is 0 Å². The maximum Gasteiger partial charge on any atom is 0.266 e. The lowest BCUT2D eigenvalue weighted by atomic mass is 10.2. The Bertz CT molecular complexity index is 1040. The third-order valence-corrected chi connectivity index (χ3v) is 4.74. The van der Waals surface area contributed by atoms with Crippen LogP contribution >= 0.6 is 0 Å². The van der Waals surface area contributed by atoms with Crippen LogP contribution in [-0.2, 0) is 0 Å². The fraction of sp³-hybridized carbons (Fsp3) is 0.211. The number of tetrazole rings is 1. The summed E-state index contributed by atoms with van der Waals surface area (Å²) in [7, 11) is 0. The molecule has 1 aliphatic rings. The van der Waals surface area contributed by atoms with Gasteiger partial charge in [0.15, 0.2) is 0 Å². The monoisotopic (exact) mass is 374 g/mol. The molecule has 140 valence electrons. The Labute approximate surface area is 161 Å². The Morgan fingerprint density at radius 1 is 0.786 bits per heavy atom. The summed E-state index contributed by atoms with van der Waals surface area (Å²) in [5.41, 5.74) is 1.86. The zero-order chi connectivity index (χ0) is 18.8. The Balaban J connectivity index is 1.29. The van der Waals surface area contributed by atoms with Gasteiger partial charge in [0.2, 0.25) is 5.95 Å². The molecule has 1 saturated heterocycles. The van der Waals surface area contributed by atoms with Gasteiger partial charge in [0.05, 0.1) is 5.69 Å². The van der Waals surface area contributed by atoms with Crippen molar-refractivity contribution in [1.82, 2.24) is 30.3 Å². The minimum absolute atomic E-state index is 0.533. The molecule has 0 unspecified atom stereocenters. The molecular formula is C19H18N8O. The first-order valence-corrected chi connectivity index (χ1v) is 9.11. The van der Waals surface area contributed by atoms with Crippen molar-refractivity contribution >= 4 is 11.9 Å². The highest BCUT2D eigenvalue weighted by Crippen LogP contribution is 2.22. The van der Waals surface area contributed by atoms with Crippen LogP contribution in [0.25, 0.3) is 17.1 Å². The summed E-state index contributed by atoms with van der Waals surface area (Å²) in [6, 6.07) is 19.7. The maximum atomic E-state index is 5.43. The van der Waals surface area contributed by atoms with Gasteiger partial charge in [0, 0.05) is 31.7 Å². The van der Waals surface area contributed by atoms with Crippen LogP contribution in [0.3, 0.4) is 0 Å². The summed E-state index contributed by atoms with van der Waals surface area (Å²) in [5.74, 6) is 1.89. The zero-order valence-electron chi connectivity index (χ0n) is 15.1. The van der Waals surface area contributed by atoms with Gasteiger partial charge in [-0.3, -0.25) is 0 Å². The number of benzene rings is 2.